The van der Waals surface area contributed by atoms with E-state index < -0.39 is 0 Å². The third-order valence-corrected chi connectivity index (χ3v) is 6.51. The molecule has 9 heteroatoms. The van der Waals surface area contributed by atoms with Gasteiger partial charge >= 0.3 is 0 Å². The van der Waals surface area contributed by atoms with Crippen LogP contribution in [0.5, 0.6) is 0 Å². The molecule has 6 saturated heterocycles. The largest absolute Gasteiger partial charge is 0.379 e. The predicted octanol–water partition coefficient (Wildman–Crippen LogP) is 0.218. The van der Waals surface area contributed by atoms with E-state index in [4.69, 9.17) is 4.74 Å². The van der Waals surface area contributed by atoms with Gasteiger partial charge in [-0.25, -0.2) is 0 Å². The lowest BCUT2D eigenvalue weighted by atomic mass is 10.2. The standard InChI is InChI=1S/C5H11N.C4H10N2.C4H9NO.C4H9NS.C4H9N.C3H7N/c1-2-4-6-5-3-1;1-2-6-4-3-5-1;2*1-3-6-4-2-5-1;1-2-4-5-3-1;1-2-4-3-1/h6H,1-5H2;5-6H,1-4H2;2*5H,1-4H2;5H,1-4H2;4H,1-3H2. The Morgan fingerprint density at radius 3 is 0.818 bits per heavy atom. The van der Waals surface area contributed by atoms with Gasteiger partial charge in [-0.3, -0.25) is 0 Å². The van der Waals surface area contributed by atoms with Gasteiger partial charge in [0.05, 0.1) is 13.2 Å². The highest BCUT2D eigenvalue weighted by Crippen LogP contribution is 1.99. The smallest absolute Gasteiger partial charge is 0.0591 e. The van der Waals surface area contributed by atoms with Crippen molar-refractivity contribution < 1.29 is 4.74 Å². The Hall–Kier alpha value is 0.0300. The molecule has 8 nitrogen and oxygen atoms in total. The first-order valence-electron chi connectivity index (χ1n) is 13.6. The molecule has 0 amide bonds. The Kier molecular flexibility index (Phi) is 26.6. The van der Waals surface area contributed by atoms with Crippen molar-refractivity contribution in [1.29, 1.82) is 0 Å². The minimum Gasteiger partial charge on any atom is -0.379 e. The van der Waals surface area contributed by atoms with Gasteiger partial charge in [-0.05, 0) is 71.4 Å². The van der Waals surface area contributed by atoms with Gasteiger partial charge in [0.25, 0.3) is 0 Å². The summed E-state index contributed by atoms with van der Waals surface area (Å²) in [4.78, 5) is 0. The minimum atomic E-state index is 0.889. The highest BCUT2D eigenvalue weighted by Gasteiger charge is 1.95. The zero-order valence-corrected chi connectivity index (χ0v) is 22.1. The van der Waals surface area contributed by atoms with E-state index in [0.717, 1.165) is 52.5 Å². The number of ether oxygens (including phenoxy) is 1. The summed E-state index contributed by atoms with van der Waals surface area (Å²) in [5.74, 6) is 2.61. The third-order valence-electron chi connectivity index (χ3n) is 5.52. The fourth-order valence-electron chi connectivity index (χ4n) is 3.24. The van der Waals surface area contributed by atoms with Crippen LogP contribution < -0.4 is 37.2 Å². The lowest BCUT2D eigenvalue weighted by Gasteiger charge is -2.11. The highest BCUT2D eigenvalue weighted by atomic mass is 32.2. The van der Waals surface area contributed by atoms with Crippen molar-refractivity contribution in [3.05, 3.63) is 0 Å². The monoisotopic (exact) mass is 489 g/mol. The number of piperidine rings is 1. The van der Waals surface area contributed by atoms with Gasteiger partial charge in [-0.1, -0.05) is 6.42 Å². The first kappa shape index (κ1) is 31.1. The molecule has 6 fully saturated rings. The third kappa shape index (κ3) is 26.5. The van der Waals surface area contributed by atoms with E-state index in [1.807, 2.05) is 11.8 Å². The maximum absolute atomic E-state index is 5.01. The summed E-state index contributed by atoms with van der Waals surface area (Å²) in [5, 5.41) is 22.5. The zero-order chi connectivity index (χ0) is 23.3. The van der Waals surface area contributed by atoms with Gasteiger partial charge < -0.3 is 42.0 Å². The van der Waals surface area contributed by atoms with Gasteiger partial charge in [0.15, 0.2) is 0 Å². The lowest BCUT2D eigenvalue weighted by molar-refractivity contribution is 0.109. The molecule has 0 spiro atoms. The Balaban J connectivity index is 0.000000199. The van der Waals surface area contributed by atoms with Crippen LogP contribution in [0.4, 0.5) is 0 Å². The fraction of sp³-hybridized carbons (Fsp3) is 1.00. The first-order chi connectivity index (χ1) is 16.5. The summed E-state index contributed by atoms with van der Waals surface area (Å²) in [6, 6.07) is 0. The summed E-state index contributed by atoms with van der Waals surface area (Å²) in [5.41, 5.74) is 0. The molecule has 6 heterocycles. The normalized spacial score (nSPS) is 24.0. The summed E-state index contributed by atoms with van der Waals surface area (Å²) in [7, 11) is 0. The molecule has 0 saturated carbocycles. The maximum Gasteiger partial charge on any atom is 0.0591 e. The number of rotatable bonds is 0. The van der Waals surface area contributed by atoms with E-state index in [0.29, 0.717) is 0 Å². The molecule has 198 valence electrons. The highest BCUT2D eigenvalue weighted by molar-refractivity contribution is 7.99. The fourth-order valence-corrected chi connectivity index (χ4v) is 4.02. The molecule has 0 bridgehead atoms. The maximum atomic E-state index is 5.01. The van der Waals surface area contributed by atoms with Gasteiger partial charge in [-0.15, -0.1) is 0 Å². The Bertz CT molecular complexity index is 240. The van der Waals surface area contributed by atoms with Crippen molar-refractivity contribution in [3.63, 3.8) is 0 Å². The molecule has 6 rings (SSSR count). The predicted molar refractivity (Wildman–Crippen MR) is 146 cm³/mol. The van der Waals surface area contributed by atoms with Gasteiger partial charge in [0.1, 0.15) is 0 Å². The minimum absolute atomic E-state index is 0.889. The Morgan fingerprint density at radius 2 is 0.667 bits per heavy atom. The molecular weight excluding hydrogens is 434 g/mol. The second-order valence-corrected chi connectivity index (χ2v) is 9.82. The van der Waals surface area contributed by atoms with Gasteiger partial charge in [0.2, 0.25) is 0 Å². The van der Waals surface area contributed by atoms with Crippen LogP contribution in [-0.4, -0.2) is 116 Å². The molecule has 0 aromatic heterocycles. The van der Waals surface area contributed by atoms with Crippen LogP contribution >= 0.6 is 11.8 Å². The van der Waals surface area contributed by atoms with E-state index in [-0.39, 0.29) is 0 Å². The van der Waals surface area contributed by atoms with Gasteiger partial charge in [-0.2, -0.15) is 11.8 Å². The molecule has 7 N–H and O–H groups in total. The number of piperazine rings is 1. The second-order valence-electron chi connectivity index (χ2n) is 8.60. The van der Waals surface area contributed by atoms with Crippen molar-refractivity contribution in [2.75, 3.05) is 116 Å². The summed E-state index contributed by atoms with van der Waals surface area (Å²) >= 11 is 2.03. The molecule has 6 aliphatic rings. The molecule has 0 aromatic carbocycles. The van der Waals surface area contributed by atoms with Crippen molar-refractivity contribution >= 4 is 11.8 Å². The topological polar surface area (TPSA) is 93.4 Å². The summed E-state index contributed by atoms with van der Waals surface area (Å²) in [6.45, 7) is 18.3. The molecule has 0 radical (unpaired) electrons. The second kappa shape index (κ2) is 28.3. The van der Waals surface area contributed by atoms with Crippen LogP contribution in [0.2, 0.25) is 0 Å². The zero-order valence-electron chi connectivity index (χ0n) is 21.3. The van der Waals surface area contributed by atoms with Crippen LogP contribution in [0.15, 0.2) is 0 Å². The molecule has 0 aromatic rings. The molecule has 0 unspecified atom stereocenters. The van der Waals surface area contributed by atoms with E-state index in [1.54, 1.807) is 0 Å². The molecule has 0 aliphatic carbocycles. The number of hydrogen-bond donors (Lipinski definition) is 7. The molecular formula is C24H55N7OS. The van der Waals surface area contributed by atoms with Crippen molar-refractivity contribution in [2.24, 2.45) is 0 Å². The molecule has 33 heavy (non-hydrogen) atoms. The van der Waals surface area contributed by atoms with Crippen molar-refractivity contribution in [1.82, 2.24) is 37.2 Å². The SMILES string of the molecule is C1CCNC1.C1CCNCC1.C1CNC1.C1CNCCN1.C1COCCN1.C1CSCCN1. The van der Waals surface area contributed by atoms with Gasteiger partial charge in [0, 0.05) is 63.9 Å². The van der Waals surface area contributed by atoms with Crippen LogP contribution in [0.1, 0.15) is 38.5 Å². The summed E-state index contributed by atoms with van der Waals surface area (Å²) in [6.07, 6.45) is 8.38. The van der Waals surface area contributed by atoms with Crippen LogP contribution in [0, 0.1) is 0 Å². The van der Waals surface area contributed by atoms with Crippen LogP contribution in [0.3, 0.4) is 0 Å². The Morgan fingerprint density at radius 1 is 0.333 bits per heavy atom. The number of thioether (sulfide) groups is 1. The van der Waals surface area contributed by atoms with E-state index in [9.17, 15) is 0 Å². The number of nitrogens with one attached hydrogen (secondary N) is 7. The van der Waals surface area contributed by atoms with Crippen LogP contribution in [0.25, 0.3) is 0 Å². The van der Waals surface area contributed by atoms with E-state index in [1.165, 1.54) is 102 Å². The van der Waals surface area contributed by atoms with Crippen molar-refractivity contribution in [3.8, 4) is 0 Å². The van der Waals surface area contributed by atoms with E-state index in [2.05, 4.69) is 37.2 Å². The van der Waals surface area contributed by atoms with Crippen molar-refractivity contribution in [2.45, 2.75) is 38.5 Å². The average molecular weight is 490 g/mol. The quantitative estimate of drug-likeness (QED) is 0.258. The number of hydrogen-bond acceptors (Lipinski definition) is 9. The van der Waals surface area contributed by atoms with E-state index >= 15 is 0 Å². The Labute approximate surface area is 208 Å². The van der Waals surface area contributed by atoms with Crippen LogP contribution in [-0.2, 0) is 4.74 Å². The summed E-state index contributed by atoms with van der Waals surface area (Å²) < 4.78 is 5.01. The first-order valence-corrected chi connectivity index (χ1v) is 14.8. The lowest BCUT2D eigenvalue weighted by Crippen LogP contribution is -2.39. The number of morpholine rings is 1. The average Bonchev–Trinajstić information content (AvgIpc) is 3.49. The molecule has 0 atom stereocenters. The molecule has 6 aliphatic heterocycles.